The number of aldehydes is 1. The normalized spacial score (nSPS) is 10.1. The molecule has 0 unspecified atom stereocenters. The number of methoxy groups -OCH3 is 2. The van der Waals surface area contributed by atoms with Crippen molar-refractivity contribution in [3.8, 4) is 17.2 Å². The Morgan fingerprint density at radius 3 is 2.40 bits per heavy atom. The van der Waals surface area contributed by atoms with Gasteiger partial charge in [0.15, 0.2) is 17.8 Å². The highest BCUT2D eigenvalue weighted by atomic mass is 16.5. The second kappa shape index (κ2) is 6.10. The number of hydrogen-bond donors (Lipinski definition) is 1. The summed E-state index contributed by atoms with van der Waals surface area (Å²) in [6.45, 7) is 0. The number of benzene rings is 2. The summed E-state index contributed by atoms with van der Waals surface area (Å²) in [5, 5.41) is 10.1. The van der Waals surface area contributed by atoms with Crippen molar-refractivity contribution in [2.45, 2.75) is 6.42 Å². The van der Waals surface area contributed by atoms with Crippen LogP contribution in [0.4, 0.5) is 0 Å². The van der Waals surface area contributed by atoms with Crippen molar-refractivity contribution >= 4 is 6.29 Å². The number of carbonyl (C=O) groups is 1. The molecule has 0 fully saturated rings. The first-order chi connectivity index (χ1) is 9.71. The van der Waals surface area contributed by atoms with Crippen molar-refractivity contribution in [1.82, 2.24) is 0 Å². The molecule has 0 bridgehead atoms. The molecule has 4 nitrogen and oxygen atoms in total. The molecule has 2 aromatic rings. The van der Waals surface area contributed by atoms with E-state index < -0.39 is 0 Å². The minimum Gasteiger partial charge on any atom is -0.502 e. The Bertz CT molecular complexity index is 606. The van der Waals surface area contributed by atoms with Gasteiger partial charge in [0.05, 0.1) is 14.2 Å². The molecule has 0 aliphatic heterocycles. The highest BCUT2D eigenvalue weighted by Gasteiger charge is 2.19. The molecule has 1 N–H and O–H groups in total. The summed E-state index contributed by atoms with van der Waals surface area (Å²) in [4.78, 5) is 11.3. The minimum absolute atomic E-state index is 0.0912. The molecule has 104 valence electrons. The Labute approximate surface area is 117 Å². The van der Waals surface area contributed by atoms with Gasteiger partial charge in [0, 0.05) is 17.5 Å². The highest BCUT2D eigenvalue weighted by Crippen LogP contribution is 2.41. The smallest absolute Gasteiger partial charge is 0.201 e. The second-order valence-electron chi connectivity index (χ2n) is 4.31. The molecule has 0 amide bonds. The molecule has 0 radical (unpaired) electrons. The summed E-state index contributed by atoms with van der Waals surface area (Å²) in [5.41, 5.74) is 2.12. The largest absolute Gasteiger partial charge is 0.502 e. The van der Waals surface area contributed by atoms with Crippen molar-refractivity contribution < 1.29 is 19.4 Å². The number of phenolic OH excluding ortho intramolecular Hbond substituents is 1. The zero-order chi connectivity index (χ0) is 14.5. The van der Waals surface area contributed by atoms with E-state index in [2.05, 4.69) is 0 Å². The Kier molecular flexibility index (Phi) is 4.25. The van der Waals surface area contributed by atoms with Crippen LogP contribution in [0.3, 0.4) is 0 Å². The molecule has 0 atom stereocenters. The van der Waals surface area contributed by atoms with Gasteiger partial charge < -0.3 is 14.6 Å². The molecular formula is C16H16O4. The van der Waals surface area contributed by atoms with Crippen LogP contribution in [0, 0.1) is 0 Å². The van der Waals surface area contributed by atoms with Crippen molar-refractivity contribution in [3.05, 3.63) is 53.1 Å². The number of phenols is 1. The van der Waals surface area contributed by atoms with Gasteiger partial charge in [0.1, 0.15) is 0 Å². The lowest BCUT2D eigenvalue weighted by molar-refractivity contribution is 0.112. The third-order valence-corrected chi connectivity index (χ3v) is 3.13. The average molecular weight is 272 g/mol. The fourth-order valence-electron chi connectivity index (χ4n) is 2.15. The van der Waals surface area contributed by atoms with Crippen molar-refractivity contribution in [3.63, 3.8) is 0 Å². The summed E-state index contributed by atoms with van der Waals surface area (Å²) in [6.07, 6.45) is 1.23. The van der Waals surface area contributed by atoms with Crippen molar-refractivity contribution in [2.75, 3.05) is 14.2 Å². The zero-order valence-electron chi connectivity index (χ0n) is 11.4. The summed E-state index contributed by atoms with van der Waals surface area (Å²) in [6, 6.07) is 11.2. The molecule has 2 rings (SSSR count). The molecule has 4 heteroatoms. The van der Waals surface area contributed by atoms with Gasteiger partial charge in [-0.1, -0.05) is 30.3 Å². The minimum atomic E-state index is -0.0912. The molecule has 0 heterocycles. The molecule has 0 aliphatic rings. The maximum atomic E-state index is 11.3. The van der Waals surface area contributed by atoms with Gasteiger partial charge in [-0.15, -0.1) is 0 Å². The number of aromatic hydroxyl groups is 1. The van der Waals surface area contributed by atoms with E-state index in [4.69, 9.17) is 9.47 Å². The van der Waals surface area contributed by atoms with Gasteiger partial charge in [-0.05, 0) is 11.6 Å². The van der Waals surface area contributed by atoms with E-state index in [1.165, 1.54) is 20.3 Å². The van der Waals surface area contributed by atoms with Crippen LogP contribution in [-0.4, -0.2) is 25.6 Å². The second-order valence-corrected chi connectivity index (χ2v) is 4.31. The summed E-state index contributed by atoms with van der Waals surface area (Å²) >= 11 is 0. The summed E-state index contributed by atoms with van der Waals surface area (Å²) in [5.74, 6) is 0.405. The molecular weight excluding hydrogens is 256 g/mol. The van der Waals surface area contributed by atoms with Gasteiger partial charge in [0.2, 0.25) is 5.75 Å². The molecule has 0 spiro atoms. The molecule has 0 aliphatic carbocycles. The van der Waals surface area contributed by atoms with Crippen molar-refractivity contribution in [2.24, 2.45) is 0 Å². The van der Waals surface area contributed by atoms with E-state index in [-0.39, 0.29) is 17.2 Å². The van der Waals surface area contributed by atoms with E-state index in [1.807, 2.05) is 30.3 Å². The number of hydrogen-bond acceptors (Lipinski definition) is 4. The van der Waals surface area contributed by atoms with Crippen molar-refractivity contribution in [1.29, 1.82) is 0 Å². The molecule has 2 aromatic carbocycles. The lowest BCUT2D eigenvalue weighted by Gasteiger charge is -2.15. The molecule has 0 saturated heterocycles. The first-order valence-electron chi connectivity index (χ1n) is 6.17. The lowest BCUT2D eigenvalue weighted by Crippen LogP contribution is -2.01. The Morgan fingerprint density at radius 2 is 1.85 bits per heavy atom. The van der Waals surface area contributed by atoms with Crippen LogP contribution in [0.25, 0.3) is 0 Å². The highest BCUT2D eigenvalue weighted by molar-refractivity contribution is 5.82. The van der Waals surface area contributed by atoms with Gasteiger partial charge in [-0.3, -0.25) is 4.79 Å². The monoisotopic (exact) mass is 272 g/mol. The molecule has 0 aromatic heterocycles. The standard InChI is InChI=1S/C16H16O4/c1-19-14-9-12(10-17)13(16(20-2)15(14)18)8-11-6-4-3-5-7-11/h3-7,9-10,18H,8H2,1-2H3. The average Bonchev–Trinajstić information content (AvgIpc) is 2.49. The van der Waals surface area contributed by atoms with Crippen LogP contribution in [0.5, 0.6) is 17.2 Å². The Hall–Kier alpha value is -2.49. The fraction of sp³-hybridized carbons (Fsp3) is 0.188. The van der Waals surface area contributed by atoms with Gasteiger partial charge >= 0.3 is 0 Å². The number of carbonyl (C=O) groups excluding carboxylic acids is 1. The van der Waals surface area contributed by atoms with E-state index in [0.29, 0.717) is 17.5 Å². The quantitative estimate of drug-likeness (QED) is 0.850. The van der Waals surface area contributed by atoms with Crippen LogP contribution >= 0.6 is 0 Å². The summed E-state index contributed by atoms with van der Waals surface area (Å²) < 4.78 is 10.3. The Balaban J connectivity index is 2.55. The number of ether oxygens (including phenoxy) is 2. The van der Waals surface area contributed by atoms with E-state index in [0.717, 1.165) is 11.8 Å². The lowest BCUT2D eigenvalue weighted by atomic mass is 9.98. The first-order valence-corrected chi connectivity index (χ1v) is 6.17. The zero-order valence-corrected chi connectivity index (χ0v) is 11.4. The first kappa shape index (κ1) is 13.9. The number of rotatable bonds is 5. The maximum Gasteiger partial charge on any atom is 0.201 e. The predicted octanol–water partition coefficient (Wildman–Crippen LogP) is 2.81. The van der Waals surface area contributed by atoms with Crippen LogP contribution in [0.15, 0.2) is 36.4 Å². The predicted molar refractivity (Wildman–Crippen MR) is 75.8 cm³/mol. The van der Waals surface area contributed by atoms with Crippen LogP contribution in [0.2, 0.25) is 0 Å². The van der Waals surface area contributed by atoms with Gasteiger partial charge in [0.25, 0.3) is 0 Å². The maximum absolute atomic E-state index is 11.3. The summed E-state index contributed by atoms with van der Waals surface area (Å²) in [7, 11) is 2.89. The third kappa shape index (κ3) is 2.59. The van der Waals surface area contributed by atoms with Crippen LogP contribution < -0.4 is 9.47 Å². The fourth-order valence-corrected chi connectivity index (χ4v) is 2.15. The topological polar surface area (TPSA) is 55.8 Å². The Morgan fingerprint density at radius 1 is 1.15 bits per heavy atom. The molecule has 20 heavy (non-hydrogen) atoms. The van der Waals surface area contributed by atoms with E-state index in [1.54, 1.807) is 0 Å². The SMILES string of the molecule is COc1cc(C=O)c(Cc2ccccc2)c(OC)c1O. The van der Waals surface area contributed by atoms with E-state index in [9.17, 15) is 9.90 Å². The molecule has 0 saturated carbocycles. The van der Waals surface area contributed by atoms with E-state index >= 15 is 0 Å². The third-order valence-electron chi connectivity index (χ3n) is 3.13. The van der Waals surface area contributed by atoms with Crippen LogP contribution in [-0.2, 0) is 6.42 Å². The van der Waals surface area contributed by atoms with Crippen LogP contribution in [0.1, 0.15) is 21.5 Å². The van der Waals surface area contributed by atoms with Gasteiger partial charge in [-0.2, -0.15) is 0 Å². The van der Waals surface area contributed by atoms with Gasteiger partial charge in [-0.25, -0.2) is 0 Å².